The van der Waals surface area contributed by atoms with Crippen LogP contribution in [0.25, 0.3) is 21.5 Å². The van der Waals surface area contributed by atoms with Crippen LogP contribution in [0.1, 0.15) is 27.3 Å². The van der Waals surface area contributed by atoms with E-state index in [0.717, 1.165) is 11.0 Å². The van der Waals surface area contributed by atoms with Gasteiger partial charge >= 0.3 is 0 Å². The van der Waals surface area contributed by atoms with E-state index in [-0.39, 0.29) is 30.0 Å². The summed E-state index contributed by atoms with van der Waals surface area (Å²) in [4.78, 5) is 15.5. The Balaban J connectivity index is 1.62. The van der Waals surface area contributed by atoms with Gasteiger partial charge in [0.25, 0.3) is 0 Å². The average Bonchev–Trinajstić information content (AvgIpc) is 3.29. The number of nitrogens with zero attached hydrogens (tertiary/aromatic N) is 1. The van der Waals surface area contributed by atoms with Crippen LogP contribution in [-0.4, -0.2) is 17.8 Å². The molecule has 0 amide bonds. The van der Waals surface area contributed by atoms with Crippen molar-refractivity contribution >= 4 is 27.7 Å². The van der Waals surface area contributed by atoms with Gasteiger partial charge in [0, 0.05) is 27.6 Å². The lowest BCUT2D eigenvalue weighted by molar-refractivity contribution is 0.112. The summed E-state index contributed by atoms with van der Waals surface area (Å²) in [5, 5.41) is 2.50. The molecule has 4 nitrogen and oxygen atoms in total. The lowest BCUT2D eigenvalue weighted by atomic mass is 10.1. The first-order valence-electron chi connectivity index (χ1n) is 9.96. The summed E-state index contributed by atoms with van der Waals surface area (Å²) in [6, 6.07) is 9.91. The molecule has 2 heterocycles. The lowest BCUT2D eigenvalue weighted by Crippen LogP contribution is -2.03. The van der Waals surface area contributed by atoms with Gasteiger partial charge in [-0.15, -0.1) is 11.3 Å². The van der Waals surface area contributed by atoms with Crippen molar-refractivity contribution in [3.63, 3.8) is 0 Å². The molecule has 2 aromatic carbocycles. The SMILES string of the molecule is [2H]c1cccc([2H])c1-c1nc(CC([2H])([2H])Oc2ccc(C=O)c3sccc23)c(C)o1. The number of carbonyl (C=O) groups is 1. The molecule has 0 fully saturated rings. The van der Waals surface area contributed by atoms with Gasteiger partial charge in [-0.05, 0) is 42.6 Å². The largest absolute Gasteiger partial charge is 0.493 e. The molecule has 0 aliphatic rings. The monoisotopic (exact) mass is 367 g/mol. The molecule has 0 N–H and O–H groups in total. The Bertz CT molecular complexity index is 1230. The predicted octanol–water partition coefficient (Wildman–Crippen LogP) is 5.30. The number of rotatable bonds is 6. The highest BCUT2D eigenvalue weighted by Gasteiger charge is 2.12. The molecule has 0 bridgehead atoms. The topological polar surface area (TPSA) is 52.3 Å². The van der Waals surface area contributed by atoms with Crippen molar-refractivity contribution < 1.29 is 19.4 Å². The van der Waals surface area contributed by atoms with Crippen molar-refractivity contribution in [2.24, 2.45) is 0 Å². The minimum atomic E-state index is -2.10. The molecule has 0 saturated heterocycles. The van der Waals surface area contributed by atoms with E-state index in [0.29, 0.717) is 28.2 Å². The van der Waals surface area contributed by atoms with Gasteiger partial charge in [0.15, 0.2) is 6.29 Å². The third-order valence-electron chi connectivity index (χ3n) is 3.91. The molecule has 4 rings (SSSR count). The van der Waals surface area contributed by atoms with Gasteiger partial charge in [0.1, 0.15) is 11.5 Å². The second-order valence-electron chi connectivity index (χ2n) is 5.57. The number of hydrogen-bond donors (Lipinski definition) is 0. The first-order chi connectivity index (χ1) is 14.3. The Hall–Kier alpha value is -2.92. The van der Waals surface area contributed by atoms with Crippen LogP contribution < -0.4 is 4.74 Å². The Morgan fingerprint density at radius 1 is 1.31 bits per heavy atom. The normalized spacial score (nSPS) is 13.7. The fourth-order valence-corrected chi connectivity index (χ4v) is 3.48. The van der Waals surface area contributed by atoms with E-state index < -0.39 is 6.56 Å². The van der Waals surface area contributed by atoms with Crippen LogP contribution in [0.5, 0.6) is 5.75 Å². The smallest absolute Gasteiger partial charge is 0.226 e. The molecule has 0 radical (unpaired) electrons. The summed E-state index contributed by atoms with van der Waals surface area (Å²) >= 11 is 1.39. The fourth-order valence-electron chi connectivity index (χ4n) is 2.60. The quantitative estimate of drug-likeness (QED) is 0.434. The van der Waals surface area contributed by atoms with E-state index >= 15 is 0 Å². The van der Waals surface area contributed by atoms with E-state index in [2.05, 4.69) is 4.98 Å². The van der Waals surface area contributed by atoms with E-state index in [9.17, 15) is 4.79 Å². The zero-order valence-corrected chi connectivity index (χ0v) is 14.7. The average molecular weight is 367 g/mol. The number of carbonyl (C=O) groups excluding carboxylic acids is 1. The van der Waals surface area contributed by atoms with Gasteiger partial charge in [-0.25, -0.2) is 4.98 Å². The van der Waals surface area contributed by atoms with Crippen LogP contribution in [0, 0.1) is 6.92 Å². The fraction of sp³-hybridized carbons (Fsp3) is 0.143. The van der Waals surface area contributed by atoms with Gasteiger partial charge in [0.2, 0.25) is 5.89 Å². The molecule has 5 heteroatoms. The molecule has 4 aromatic rings. The minimum Gasteiger partial charge on any atom is -0.493 e. The Morgan fingerprint density at radius 3 is 2.96 bits per heavy atom. The van der Waals surface area contributed by atoms with E-state index in [1.165, 1.54) is 11.3 Å². The zero-order valence-electron chi connectivity index (χ0n) is 17.9. The highest BCUT2D eigenvalue weighted by molar-refractivity contribution is 7.17. The van der Waals surface area contributed by atoms with Crippen molar-refractivity contribution in [2.75, 3.05) is 6.56 Å². The van der Waals surface area contributed by atoms with Crippen molar-refractivity contribution in [1.29, 1.82) is 0 Å². The first-order valence-corrected chi connectivity index (χ1v) is 8.84. The molecule has 0 spiro atoms. The Labute approximate surface area is 160 Å². The summed E-state index contributed by atoms with van der Waals surface area (Å²) in [7, 11) is 0. The Kier molecular flexibility index (Phi) is 3.41. The molecular formula is C21H17NO3S. The summed E-state index contributed by atoms with van der Waals surface area (Å²) in [5.74, 6) is 0.856. The number of oxazole rings is 1. The maximum Gasteiger partial charge on any atom is 0.226 e. The summed E-state index contributed by atoms with van der Waals surface area (Å²) in [6.45, 7) is -0.436. The third kappa shape index (κ3) is 3.13. The zero-order chi connectivity index (χ0) is 21.5. The maximum atomic E-state index is 11.2. The summed E-state index contributed by atoms with van der Waals surface area (Å²) in [5.41, 5.74) is 1.15. The molecule has 0 saturated carbocycles. The molecule has 0 atom stereocenters. The van der Waals surface area contributed by atoms with Crippen LogP contribution in [0.3, 0.4) is 0 Å². The van der Waals surface area contributed by atoms with E-state index in [4.69, 9.17) is 14.6 Å². The molecule has 2 aromatic heterocycles. The molecule has 130 valence electrons. The molecular weight excluding hydrogens is 346 g/mol. The summed E-state index contributed by atoms with van der Waals surface area (Å²) < 4.78 is 44.8. The second kappa shape index (κ2) is 7.14. The van der Waals surface area contributed by atoms with Gasteiger partial charge in [0.05, 0.1) is 17.7 Å². The maximum absolute atomic E-state index is 11.2. The number of aromatic nitrogens is 1. The number of fused-ring (bicyclic) bond motifs is 1. The number of thiophene rings is 1. The molecule has 0 aliphatic heterocycles. The number of aldehydes is 1. The van der Waals surface area contributed by atoms with E-state index in [1.807, 2.05) is 5.38 Å². The standard InChI is InChI=1S/C21H17NO3S/c1-14-18(22-21(25-14)15-5-3-2-4-6-15)9-11-24-19-8-7-16(13-23)20-17(19)10-12-26-20/h2-8,10,12-13H,9,11H2,1H3/i5D,6D,11D2. The number of ether oxygens (including phenoxy) is 1. The molecule has 0 aliphatic carbocycles. The molecule has 0 unspecified atom stereocenters. The van der Waals surface area contributed by atoms with Crippen LogP contribution in [0.4, 0.5) is 0 Å². The van der Waals surface area contributed by atoms with Crippen LogP contribution in [0.15, 0.2) is 58.3 Å². The third-order valence-corrected chi connectivity index (χ3v) is 4.87. The van der Waals surface area contributed by atoms with Crippen molar-refractivity contribution in [1.82, 2.24) is 4.98 Å². The van der Waals surface area contributed by atoms with Crippen molar-refractivity contribution in [2.45, 2.75) is 13.3 Å². The van der Waals surface area contributed by atoms with Crippen molar-refractivity contribution in [3.8, 4) is 17.2 Å². The van der Waals surface area contributed by atoms with Gasteiger partial charge in [-0.1, -0.05) is 18.2 Å². The van der Waals surface area contributed by atoms with Gasteiger partial charge in [-0.3, -0.25) is 4.79 Å². The number of aryl methyl sites for hydroxylation is 2. The highest BCUT2D eigenvalue weighted by Crippen LogP contribution is 2.32. The van der Waals surface area contributed by atoms with E-state index in [1.54, 1.807) is 43.3 Å². The minimum absolute atomic E-state index is 0.115. The summed E-state index contributed by atoms with van der Waals surface area (Å²) in [6.07, 6.45) is 0.582. The predicted molar refractivity (Wildman–Crippen MR) is 103 cm³/mol. The van der Waals surface area contributed by atoms with Crippen LogP contribution in [-0.2, 0) is 6.42 Å². The van der Waals surface area contributed by atoms with Gasteiger partial charge in [-0.2, -0.15) is 0 Å². The van der Waals surface area contributed by atoms with Crippen molar-refractivity contribution in [3.05, 3.63) is 70.9 Å². The Morgan fingerprint density at radius 2 is 2.15 bits per heavy atom. The first kappa shape index (κ1) is 12.4. The lowest BCUT2D eigenvalue weighted by Gasteiger charge is -2.07. The van der Waals surface area contributed by atoms with Crippen LogP contribution in [0.2, 0.25) is 0 Å². The molecule has 26 heavy (non-hydrogen) atoms. The highest BCUT2D eigenvalue weighted by atomic mass is 32.1. The second-order valence-corrected chi connectivity index (χ2v) is 6.48. The number of hydrogen-bond acceptors (Lipinski definition) is 5. The number of benzene rings is 2. The van der Waals surface area contributed by atoms with Gasteiger partial charge < -0.3 is 9.15 Å². The van der Waals surface area contributed by atoms with Crippen LogP contribution >= 0.6 is 11.3 Å².